The standard InChI is InChI=1S/C46H47N7O15/c1-22(2)67-37-32(20-18-30(35(37)54)44(60)51-33-21-19-31(46(62)63)36(55)38(33)68-23(3)4)50-42(58)24-6-14-28(15-7-24)49-45(61)34(39(66-5)40(47)56)52-43(59)25-8-12-27(13-9-25)48-41(57)26-10-16-29(17-11-26)53(64)65/h6-23,34,39,53-55,64H,1-5H3,(H2,47,56)(H,48,57)(H,49,61)(H,50,58)(H,51,60)(H,52,59)(H,62,63)/t34-,39+/m0/s1. The minimum atomic E-state index is -1.67. The monoisotopic (exact) mass is 937 g/mol. The van der Waals surface area contributed by atoms with Crippen molar-refractivity contribution in [3.05, 3.63) is 130 Å². The summed E-state index contributed by atoms with van der Waals surface area (Å²) in [4.78, 5) is 90.5. The van der Waals surface area contributed by atoms with Gasteiger partial charge >= 0.3 is 5.97 Å². The number of nitrogens with one attached hydrogen (secondary N) is 6. The van der Waals surface area contributed by atoms with E-state index in [1.807, 2.05) is 0 Å². The smallest absolute Gasteiger partial charge is 0.339 e. The number of primary amides is 1. The first-order chi connectivity index (χ1) is 32.2. The molecule has 5 aromatic rings. The second kappa shape index (κ2) is 22.1. The van der Waals surface area contributed by atoms with Gasteiger partial charge in [0.1, 0.15) is 11.6 Å². The van der Waals surface area contributed by atoms with Gasteiger partial charge in [-0.05, 0) is 113 Å². The Morgan fingerprint density at radius 2 is 1.01 bits per heavy atom. The maximum Gasteiger partial charge on any atom is 0.339 e. The Balaban J connectivity index is 1.27. The number of hydrogen-bond acceptors (Lipinski definition) is 14. The van der Waals surface area contributed by atoms with E-state index in [4.69, 9.17) is 25.2 Å². The van der Waals surface area contributed by atoms with E-state index < -0.39 is 88.1 Å². The summed E-state index contributed by atoms with van der Waals surface area (Å²) in [5, 5.41) is 63.1. The molecule has 0 aliphatic heterocycles. The van der Waals surface area contributed by atoms with Crippen LogP contribution in [0.3, 0.4) is 0 Å². The minimum Gasteiger partial charge on any atom is -0.595 e. The third kappa shape index (κ3) is 12.4. The van der Waals surface area contributed by atoms with E-state index >= 15 is 0 Å². The number of quaternary nitrogens is 1. The van der Waals surface area contributed by atoms with Crippen molar-refractivity contribution in [1.82, 2.24) is 5.32 Å². The number of phenols is 2. The molecule has 5 rings (SSSR count). The van der Waals surface area contributed by atoms with Gasteiger partial charge in [-0.2, -0.15) is 5.23 Å². The fourth-order valence-electron chi connectivity index (χ4n) is 6.31. The third-order valence-electron chi connectivity index (χ3n) is 9.56. The van der Waals surface area contributed by atoms with Crippen molar-refractivity contribution in [3.8, 4) is 23.0 Å². The zero-order valence-corrected chi connectivity index (χ0v) is 36.9. The molecule has 0 fully saturated rings. The van der Waals surface area contributed by atoms with Crippen LogP contribution in [0, 0.1) is 5.21 Å². The average Bonchev–Trinajstić information content (AvgIpc) is 3.28. The first-order valence-electron chi connectivity index (χ1n) is 20.4. The molecule has 22 heteroatoms. The van der Waals surface area contributed by atoms with Gasteiger partial charge in [-0.15, -0.1) is 0 Å². The Bertz CT molecular complexity index is 2710. The molecule has 3 atom stereocenters. The number of nitrogens with two attached hydrogens (primary N) is 1. The number of methoxy groups -OCH3 is 1. The Morgan fingerprint density at radius 3 is 1.47 bits per heavy atom. The van der Waals surface area contributed by atoms with Crippen LogP contribution < -0.4 is 47.0 Å². The summed E-state index contributed by atoms with van der Waals surface area (Å²) in [7, 11) is 1.11. The first-order valence-corrected chi connectivity index (χ1v) is 20.4. The molecule has 0 aliphatic carbocycles. The molecule has 1 unspecified atom stereocenters. The van der Waals surface area contributed by atoms with Crippen LogP contribution in [0.5, 0.6) is 23.0 Å². The number of aromatic carboxylic acids is 1. The molecule has 22 nitrogen and oxygen atoms in total. The Labute approximate surface area is 387 Å². The van der Waals surface area contributed by atoms with Gasteiger partial charge in [0, 0.05) is 47.3 Å². The van der Waals surface area contributed by atoms with Crippen LogP contribution in [0.2, 0.25) is 0 Å². The molecule has 68 heavy (non-hydrogen) atoms. The molecule has 0 aliphatic rings. The number of ether oxygens (including phenoxy) is 3. The molecule has 5 aromatic carbocycles. The molecular weight excluding hydrogens is 891 g/mol. The van der Waals surface area contributed by atoms with Crippen LogP contribution in [0.4, 0.5) is 28.4 Å². The van der Waals surface area contributed by atoms with Gasteiger partial charge in [-0.25, -0.2) is 10.0 Å². The van der Waals surface area contributed by atoms with Gasteiger partial charge in [-0.3, -0.25) is 28.8 Å². The fraction of sp³-hybridized carbons (Fsp3) is 0.196. The molecule has 0 aromatic heterocycles. The van der Waals surface area contributed by atoms with E-state index in [1.165, 1.54) is 91.0 Å². The lowest BCUT2D eigenvalue weighted by Crippen LogP contribution is -2.99. The number of carbonyl (C=O) groups is 7. The highest BCUT2D eigenvalue weighted by atomic mass is 16.8. The van der Waals surface area contributed by atoms with Gasteiger partial charge < -0.3 is 67.1 Å². The number of benzene rings is 5. The van der Waals surface area contributed by atoms with Crippen molar-refractivity contribution < 1.29 is 73.5 Å². The number of hydrogen-bond donors (Lipinski definition) is 11. The molecule has 356 valence electrons. The van der Waals surface area contributed by atoms with Crippen LogP contribution in [-0.4, -0.2) is 93.4 Å². The zero-order chi connectivity index (χ0) is 50.0. The van der Waals surface area contributed by atoms with Gasteiger partial charge in [0.25, 0.3) is 23.6 Å². The lowest BCUT2D eigenvalue weighted by molar-refractivity contribution is -0.991. The van der Waals surface area contributed by atoms with E-state index in [2.05, 4.69) is 26.6 Å². The normalized spacial score (nSPS) is 12.2. The maximum absolute atomic E-state index is 13.6. The van der Waals surface area contributed by atoms with E-state index in [-0.39, 0.29) is 62.2 Å². The average molecular weight is 938 g/mol. The van der Waals surface area contributed by atoms with E-state index in [9.17, 15) is 54.1 Å². The molecule has 0 radical (unpaired) electrons. The largest absolute Gasteiger partial charge is 0.595 e. The van der Waals surface area contributed by atoms with Crippen LogP contribution in [0.1, 0.15) is 79.5 Å². The van der Waals surface area contributed by atoms with E-state index in [1.54, 1.807) is 27.7 Å². The van der Waals surface area contributed by atoms with Crippen LogP contribution in [0.15, 0.2) is 97.1 Å². The van der Waals surface area contributed by atoms with Crippen molar-refractivity contribution in [2.24, 2.45) is 5.73 Å². The predicted molar refractivity (Wildman–Crippen MR) is 244 cm³/mol. The molecule has 6 amide bonds. The van der Waals surface area contributed by atoms with Gasteiger partial charge in [0.05, 0.1) is 29.1 Å². The van der Waals surface area contributed by atoms with Crippen molar-refractivity contribution >= 4 is 69.8 Å². The summed E-state index contributed by atoms with van der Waals surface area (Å²) in [5.74, 6) is -8.38. The quantitative estimate of drug-likeness (QED) is 0.0525. The minimum absolute atomic E-state index is 0.000873. The predicted octanol–water partition coefficient (Wildman–Crippen LogP) is 3.77. The summed E-state index contributed by atoms with van der Waals surface area (Å²) in [6, 6.07) is 19.2. The van der Waals surface area contributed by atoms with Crippen molar-refractivity contribution in [1.29, 1.82) is 0 Å². The summed E-state index contributed by atoms with van der Waals surface area (Å²) < 4.78 is 16.5. The van der Waals surface area contributed by atoms with Crippen LogP contribution in [-0.2, 0) is 14.3 Å². The molecule has 12 N–H and O–H groups in total. The molecule has 0 heterocycles. The topological polar surface area (TPSA) is 342 Å². The van der Waals surface area contributed by atoms with Crippen LogP contribution >= 0.6 is 0 Å². The number of carboxylic acids is 1. The second-order valence-electron chi connectivity index (χ2n) is 15.2. The number of anilines is 4. The SMILES string of the molecule is CO[C@@H](C(N)=O)[C@H](NC(=O)c1ccc(NC(=O)c2ccc([NH+]([O-])O)cc2)cc1)C(=O)Nc1ccc(C(=O)Nc2ccc(C(=O)Nc3ccc(C(=O)O)c(O)c3OC(C)C)c(O)c2OC(C)C)cc1. The Kier molecular flexibility index (Phi) is 16.4. The first kappa shape index (κ1) is 50.4. The number of aromatic hydroxyl groups is 2. The Morgan fingerprint density at radius 1 is 0.588 bits per heavy atom. The molecule has 0 saturated carbocycles. The molecule has 0 bridgehead atoms. The van der Waals surface area contributed by atoms with Crippen molar-refractivity contribution in [2.75, 3.05) is 28.4 Å². The summed E-state index contributed by atoms with van der Waals surface area (Å²) in [6.45, 7) is 6.52. The highest BCUT2D eigenvalue weighted by molar-refractivity contribution is 6.11. The lowest BCUT2D eigenvalue weighted by Gasteiger charge is -2.24. The zero-order valence-electron chi connectivity index (χ0n) is 36.9. The maximum atomic E-state index is 13.6. The molecular formula is C46H47N7O15. The number of carbonyl (C=O) groups excluding carboxylic acids is 6. The second-order valence-corrected chi connectivity index (χ2v) is 15.2. The molecule has 0 spiro atoms. The number of rotatable bonds is 19. The van der Waals surface area contributed by atoms with E-state index in [0.717, 1.165) is 13.2 Å². The van der Waals surface area contributed by atoms with Gasteiger partial charge in [0.2, 0.25) is 11.8 Å². The third-order valence-corrected chi connectivity index (χ3v) is 9.56. The number of phenolic OH excluding ortho intramolecular Hbond substituents is 1. The van der Waals surface area contributed by atoms with Gasteiger partial charge in [-0.1, -0.05) is 0 Å². The highest BCUT2D eigenvalue weighted by Gasteiger charge is 2.35. The van der Waals surface area contributed by atoms with Crippen molar-refractivity contribution in [3.63, 3.8) is 0 Å². The lowest BCUT2D eigenvalue weighted by atomic mass is 10.1. The number of amides is 6. The molecule has 0 saturated heterocycles. The summed E-state index contributed by atoms with van der Waals surface area (Å²) in [5.41, 5.74) is 5.23. The summed E-state index contributed by atoms with van der Waals surface area (Å²) >= 11 is 0. The summed E-state index contributed by atoms with van der Waals surface area (Å²) in [6.07, 6.45) is -2.74. The van der Waals surface area contributed by atoms with Crippen molar-refractivity contribution in [2.45, 2.75) is 52.0 Å². The highest BCUT2D eigenvalue weighted by Crippen LogP contribution is 2.41. The fourth-order valence-corrected chi connectivity index (χ4v) is 6.31. The van der Waals surface area contributed by atoms with Gasteiger partial charge in [0.15, 0.2) is 34.8 Å². The van der Waals surface area contributed by atoms with E-state index in [0.29, 0.717) is 0 Å². The Hall–Kier alpha value is -8.57. The van der Waals surface area contributed by atoms with Crippen LogP contribution in [0.25, 0.3) is 0 Å². The number of carboxylic acid groups (broad SMARTS) is 1.